The third kappa shape index (κ3) is 3.45. The van der Waals surface area contributed by atoms with E-state index in [0.717, 1.165) is 18.4 Å². The van der Waals surface area contributed by atoms with E-state index in [0.29, 0.717) is 18.8 Å². The van der Waals surface area contributed by atoms with Gasteiger partial charge in [-0.05, 0) is 25.3 Å². The summed E-state index contributed by atoms with van der Waals surface area (Å²) in [5, 5.41) is 6.63. The molecule has 2 atom stereocenters. The number of nitrogens with one attached hydrogen (secondary N) is 1. The highest BCUT2D eigenvalue weighted by Gasteiger charge is 2.33. The number of piperidine rings is 1. The summed E-state index contributed by atoms with van der Waals surface area (Å²) in [6, 6.07) is 8.31. The number of carbonyl (C=O) groups excluding carboxylic acids is 2. The van der Waals surface area contributed by atoms with E-state index >= 15 is 0 Å². The van der Waals surface area contributed by atoms with Crippen molar-refractivity contribution in [2.75, 3.05) is 6.54 Å². The lowest BCUT2D eigenvalue weighted by atomic mass is 10.00. The Kier molecular flexibility index (Phi) is 4.88. The predicted octanol–water partition coefficient (Wildman–Crippen LogP) is 2.00. The molecule has 1 saturated heterocycles. The Morgan fingerprint density at radius 1 is 1.29 bits per heavy atom. The molecule has 3 rings (SSSR count). The summed E-state index contributed by atoms with van der Waals surface area (Å²) < 4.78 is 4.72. The van der Waals surface area contributed by atoms with E-state index in [4.69, 9.17) is 4.52 Å². The first-order chi connectivity index (χ1) is 11.7. The number of hydrogen-bond acceptors (Lipinski definition) is 5. The highest BCUT2D eigenvalue weighted by molar-refractivity contribution is 5.89. The summed E-state index contributed by atoms with van der Waals surface area (Å²) >= 11 is 0. The van der Waals surface area contributed by atoms with E-state index in [1.165, 1.54) is 6.39 Å². The molecule has 0 saturated carbocycles. The van der Waals surface area contributed by atoms with Gasteiger partial charge in [0.1, 0.15) is 6.04 Å². The van der Waals surface area contributed by atoms with Gasteiger partial charge in [0.25, 0.3) is 0 Å². The molecule has 1 aliphatic heterocycles. The monoisotopic (exact) mass is 328 g/mol. The van der Waals surface area contributed by atoms with Crippen molar-refractivity contribution in [3.05, 3.63) is 48.1 Å². The van der Waals surface area contributed by atoms with Gasteiger partial charge < -0.3 is 14.7 Å². The fourth-order valence-electron chi connectivity index (χ4n) is 2.93. The molecule has 2 heterocycles. The Labute approximate surface area is 140 Å². The van der Waals surface area contributed by atoms with Gasteiger partial charge in [-0.3, -0.25) is 9.59 Å². The zero-order valence-electron chi connectivity index (χ0n) is 13.5. The molecule has 1 aromatic carbocycles. The second-order valence-electron chi connectivity index (χ2n) is 5.88. The van der Waals surface area contributed by atoms with Gasteiger partial charge in [-0.15, -0.1) is 0 Å². The topological polar surface area (TPSA) is 88.3 Å². The first kappa shape index (κ1) is 16.2. The number of likely N-dealkylation sites (tertiary alicyclic amines) is 1. The molecule has 1 fully saturated rings. The van der Waals surface area contributed by atoms with Gasteiger partial charge in [0.15, 0.2) is 5.82 Å². The predicted molar refractivity (Wildman–Crippen MR) is 85.6 cm³/mol. The molecule has 2 amide bonds. The number of nitrogens with zero attached hydrogens (tertiary/aromatic N) is 3. The molecule has 126 valence electrons. The Morgan fingerprint density at radius 3 is 2.75 bits per heavy atom. The summed E-state index contributed by atoms with van der Waals surface area (Å²) in [6.07, 6.45) is 3.48. The summed E-state index contributed by atoms with van der Waals surface area (Å²) in [5.41, 5.74) is 0.797. The lowest BCUT2D eigenvalue weighted by Crippen LogP contribution is -2.46. The summed E-state index contributed by atoms with van der Waals surface area (Å²) in [6.45, 7) is 2.37. The molecule has 0 bridgehead atoms. The Hall–Kier alpha value is -2.70. The molecule has 1 aliphatic rings. The Morgan fingerprint density at radius 2 is 2.08 bits per heavy atom. The number of amides is 2. The Bertz CT molecular complexity index is 687. The van der Waals surface area contributed by atoms with E-state index in [2.05, 4.69) is 15.5 Å². The molecule has 0 radical (unpaired) electrons. The average Bonchev–Trinajstić information content (AvgIpc) is 3.12. The molecule has 7 nitrogen and oxygen atoms in total. The molecule has 1 N–H and O–H groups in total. The highest BCUT2D eigenvalue weighted by atomic mass is 16.5. The zero-order chi connectivity index (χ0) is 16.9. The normalized spacial score (nSPS) is 17.4. The number of benzene rings is 1. The van der Waals surface area contributed by atoms with Crippen LogP contribution in [0.5, 0.6) is 0 Å². The average molecular weight is 328 g/mol. The highest BCUT2D eigenvalue weighted by Crippen LogP contribution is 2.26. The molecular weight excluding hydrogens is 308 g/mol. The molecule has 0 spiro atoms. The van der Waals surface area contributed by atoms with E-state index < -0.39 is 12.1 Å². The van der Waals surface area contributed by atoms with Crippen LogP contribution in [0.4, 0.5) is 0 Å². The number of aromatic nitrogens is 2. The second kappa shape index (κ2) is 7.25. The standard InChI is InChI=1S/C17H20N4O3/c1-12(16-18-11-24-20-16)19-17(23)15(13-7-3-2-4-8-13)21-10-6-5-9-14(21)22/h2-4,7-8,11-12,15H,5-6,9-10H2,1H3,(H,19,23)/t12-,15-/m1/s1. The van der Waals surface area contributed by atoms with Crippen molar-refractivity contribution in [3.8, 4) is 0 Å². The fourth-order valence-corrected chi connectivity index (χ4v) is 2.93. The van der Waals surface area contributed by atoms with Crippen LogP contribution in [0.25, 0.3) is 0 Å². The van der Waals surface area contributed by atoms with Crippen molar-refractivity contribution in [2.24, 2.45) is 0 Å². The fraction of sp³-hybridized carbons (Fsp3) is 0.412. The van der Waals surface area contributed by atoms with Crippen LogP contribution in [0, 0.1) is 0 Å². The summed E-state index contributed by atoms with van der Waals surface area (Å²) in [4.78, 5) is 30.9. The third-order valence-corrected chi connectivity index (χ3v) is 4.16. The van der Waals surface area contributed by atoms with Crippen molar-refractivity contribution in [3.63, 3.8) is 0 Å². The molecule has 0 aliphatic carbocycles. The van der Waals surface area contributed by atoms with Crippen molar-refractivity contribution >= 4 is 11.8 Å². The van der Waals surface area contributed by atoms with Gasteiger partial charge in [-0.25, -0.2) is 0 Å². The van der Waals surface area contributed by atoms with Crippen molar-refractivity contribution in [1.29, 1.82) is 0 Å². The number of rotatable bonds is 5. The largest absolute Gasteiger partial charge is 0.344 e. The van der Waals surface area contributed by atoms with E-state index in [1.807, 2.05) is 30.3 Å². The van der Waals surface area contributed by atoms with E-state index in [9.17, 15) is 9.59 Å². The van der Waals surface area contributed by atoms with Crippen molar-refractivity contribution in [2.45, 2.75) is 38.3 Å². The van der Waals surface area contributed by atoms with Crippen LogP contribution in [0.15, 0.2) is 41.2 Å². The van der Waals surface area contributed by atoms with Crippen LogP contribution in [0.3, 0.4) is 0 Å². The number of hydrogen-bond donors (Lipinski definition) is 1. The number of carbonyl (C=O) groups is 2. The zero-order valence-corrected chi connectivity index (χ0v) is 13.5. The lowest BCUT2D eigenvalue weighted by Gasteiger charge is -2.34. The quantitative estimate of drug-likeness (QED) is 0.907. The van der Waals surface area contributed by atoms with Crippen LogP contribution >= 0.6 is 0 Å². The lowest BCUT2D eigenvalue weighted by molar-refractivity contribution is -0.143. The van der Waals surface area contributed by atoms with Crippen molar-refractivity contribution in [1.82, 2.24) is 20.4 Å². The van der Waals surface area contributed by atoms with Crippen LogP contribution in [-0.2, 0) is 9.59 Å². The van der Waals surface area contributed by atoms with Gasteiger partial charge in [0, 0.05) is 13.0 Å². The van der Waals surface area contributed by atoms with Gasteiger partial charge in [0.05, 0.1) is 6.04 Å². The third-order valence-electron chi connectivity index (χ3n) is 4.16. The molecule has 2 aromatic rings. The summed E-state index contributed by atoms with van der Waals surface area (Å²) in [7, 11) is 0. The summed E-state index contributed by atoms with van der Waals surface area (Å²) in [5.74, 6) is 0.173. The first-order valence-corrected chi connectivity index (χ1v) is 8.08. The van der Waals surface area contributed by atoms with Gasteiger partial charge in [0.2, 0.25) is 18.2 Å². The molecule has 1 aromatic heterocycles. The molecule has 0 unspecified atom stereocenters. The maximum atomic E-state index is 12.9. The minimum absolute atomic E-state index is 0.0115. The second-order valence-corrected chi connectivity index (χ2v) is 5.88. The first-order valence-electron chi connectivity index (χ1n) is 8.08. The van der Waals surface area contributed by atoms with Crippen LogP contribution < -0.4 is 5.32 Å². The van der Waals surface area contributed by atoms with Crippen molar-refractivity contribution < 1.29 is 14.1 Å². The van der Waals surface area contributed by atoms with Crippen LogP contribution in [0.1, 0.15) is 49.7 Å². The molecule has 24 heavy (non-hydrogen) atoms. The van der Waals surface area contributed by atoms with Crippen LogP contribution in [0.2, 0.25) is 0 Å². The van der Waals surface area contributed by atoms with Gasteiger partial charge in [-0.2, -0.15) is 4.98 Å². The molecular formula is C17H20N4O3. The maximum Gasteiger partial charge on any atom is 0.248 e. The smallest absolute Gasteiger partial charge is 0.248 e. The van der Waals surface area contributed by atoms with E-state index in [-0.39, 0.29) is 11.8 Å². The minimum Gasteiger partial charge on any atom is -0.344 e. The maximum absolute atomic E-state index is 12.9. The van der Waals surface area contributed by atoms with Gasteiger partial charge >= 0.3 is 0 Å². The minimum atomic E-state index is -0.645. The molecule has 7 heteroatoms. The van der Waals surface area contributed by atoms with E-state index in [1.54, 1.807) is 11.8 Å². The Balaban J connectivity index is 1.83. The SMILES string of the molecule is C[C@@H](NC(=O)[C@@H](c1ccccc1)N1CCCCC1=O)c1ncon1. The van der Waals surface area contributed by atoms with Crippen LogP contribution in [-0.4, -0.2) is 33.4 Å². The van der Waals surface area contributed by atoms with Gasteiger partial charge in [-0.1, -0.05) is 35.5 Å².